The van der Waals surface area contributed by atoms with Crippen LogP contribution in [0.15, 0.2) is 18.6 Å². The van der Waals surface area contributed by atoms with Gasteiger partial charge in [0.1, 0.15) is 0 Å². The van der Waals surface area contributed by atoms with E-state index >= 15 is 0 Å². The Morgan fingerprint density at radius 3 is 2.92 bits per heavy atom. The van der Waals surface area contributed by atoms with Gasteiger partial charge in [-0.1, -0.05) is 6.92 Å². The van der Waals surface area contributed by atoms with Crippen molar-refractivity contribution < 1.29 is 0 Å². The van der Waals surface area contributed by atoms with E-state index in [0.29, 0.717) is 6.04 Å². The van der Waals surface area contributed by atoms with Gasteiger partial charge in [0.05, 0.1) is 5.69 Å². The van der Waals surface area contributed by atoms with Crippen LogP contribution in [0.2, 0.25) is 0 Å². The largest absolute Gasteiger partial charge is 0.328 e. The predicted octanol–water partition coefficient (Wildman–Crippen LogP) is 1.15. The molecule has 0 bridgehead atoms. The number of hydrogen-bond donors (Lipinski definition) is 1. The summed E-state index contributed by atoms with van der Waals surface area (Å²) in [6.07, 6.45) is 8.15. The molecule has 2 N–H and O–H groups in total. The Labute approximate surface area is 73.0 Å². The van der Waals surface area contributed by atoms with E-state index in [4.69, 9.17) is 5.73 Å². The Hall–Kier alpha value is -0.960. The highest BCUT2D eigenvalue weighted by Gasteiger charge is 2.00. The summed E-state index contributed by atoms with van der Waals surface area (Å²) in [5, 5.41) is 0. The number of aromatic nitrogens is 2. The van der Waals surface area contributed by atoms with Crippen LogP contribution in [0.1, 0.15) is 25.5 Å². The number of nitrogens with zero attached hydrogens (tertiary/aromatic N) is 2. The lowest BCUT2D eigenvalue weighted by molar-refractivity contribution is 0.590. The van der Waals surface area contributed by atoms with Crippen molar-refractivity contribution in [3.05, 3.63) is 24.3 Å². The van der Waals surface area contributed by atoms with E-state index in [1.807, 2.05) is 0 Å². The minimum absolute atomic E-state index is 0.298. The van der Waals surface area contributed by atoms with Crippen LogP contribution in [0.3, 0.4) is 0 Å². The first-order valence-electron chi connectivity index (χ1n) is 4.33. The van der Waals surface area contributed by atoms with Crippen LogP contribution in [0.5, 0.6) is 0 Å². The fourth-order valence-electron chi connectivity index (χ4n) is 0.996. The number of rotatable bonds is 4. The van der Waals surface area contributed by atoms with Gasteiger partial charge in [-0.25, -0.2) is 0 Å². The molecule has 1 unspecified atom stereocenters. The maximum Gasteiger partial charge on any atom is 0.0587 e. The zero-order chi connectivity index (χ0) is 8.81. The smallest absolute Gasteiger partial charge is 0.0587 e. The fourth-order valence-corrected chi connectivity index (χ4v) is 0.996. The third kappa shape index (κ3) is 2.96. The zero-order valence-corrected chi connectivity index (χ0v) is 7.40. The Morgan fingerprint density at radius 2 is 2.33 bits per heavy atom. The second kappa shape index (κ2) is 4.83. The molecule has 1 atom stereocenters. The molecule has 0 spiro atoms. The monoisotopic (exact) mass is 165 g/mol. The Bertz CT molecular complexity index is 210. The lowest BCUT2D eigenvalue weighted by atomic mass is 10.1. The average molecular weight is 165 g/mol. The minimum Gasteiger partial charge on any atom is -0.328 e. The summed E-state index contributed by atoms with van der Waals surface area (Å²) in [7, 11) is 0. The van der Waals surface area contributed by atoms with Crippen molar-refractivity contribution in [2.24, 2.45) is 5.73 Å². The molecule has 0 radical (unpaired) electrons. The van der Waals surface area contributed by atoms with Crippen molar-refractivity contribution in [1.82, 2.24) is 9.97 Å². The second-order valence-corrected chi connectivity index (χ2v) is 2.90. The molecule has 0 aliphatic rings. The summed E-state index contributed by atoms with van der Waals surface area (Å²) >= 11 is 0. The maximum absolute atomic E-state index is 5.77. The lowest BCUT2D eigenvalue weighted by Gasteiger charge is -2.06. The first kappa shape index (κ1) is 9.13. The molecule has 0 amide bonds. The summed E-state index contributed by atoms with van der Waals surface area (Å²) in [5.74, 6) is 0. The molecular weight excluding hydrogens is 150 g/mol. The van der Waals surface area contributed by atoms with Crippen molar-refractivity contribution in [1.29, 1.82) is 0 Å². The van der Waals surface area contributed by atoms with Gasteiger partial charge < -0.3 is 5.73 Å². The van der Waals surface area contributed by atoms with E-state index < -0.39 is 0 Å². The molecule has 0 aliphatic carbocycles. The van der Waals surface area contributed by atoms with Crippen LogP contribution in [0.25, 0.3) is 0 Å². The standard InChI is InChI=1S/C9H15N3/c1-2-8(10)3-4-9-7-11-5-6-12-9/h5-8H,2-4,10H2,1H3. The molecule has 0 saturated carbocycles. The highest BCUT2D eigenvalue weighted by atomic mass is 14.8. The van der Waals surface area contributed by atoms with E-state index in [9.17, 15) is 0 Å². The lowest BCUT2D eigenvalue weighted by Crippen LogP contribution is -2.19. The van der Waals surface area contributed by atoms with E-state index in [1.165, 1.54) is 0 Å². The normalized spacial score (nSPS) is 12.8. The SMILES string of the molecule is CCC(N)CCc1cnccn1. The molecule has 0 aromatic carbocycles. The van der Waals surface area contributed by atoms with Gasteiger partial charge >= 0.3 is 0 Å². The Balaban J connectivity index is 2.33. The first-order valence-corrected chi connectivity index (χ1v) is 4.33. The molecular formula is C9H15N3. The van der Waals surface area contributed by atoms with Crippen molar-refractivity contribution in [3.63, 3.8) is 0 Å². The predicted molar refractivity (Wildman–Crippen MR) is 48.6 cm³/mol. The summed E-state index contributed by atoms with van der Waals surface area (Å²) in [6, 6.07) is 0.298. The van der Waals surface area contributed by atoms with E-state index in [2.05, 4.69) is 16.9 Å². The van der Waals surface area contributed by atoms with Crippen LogP contribution in [-0.4, -0.2) is 16.0 Å². The van der Waals surface area contributed by atoms with Gasteiger partial charge in [0.15, 0.2) is 0 Å². The highest BCUT2D eigenvalue weighted by Crippen LogP contribution is 2.00. The molecule has 12 heavy (non-hydrogen) atoms. The first-order chi connectivity index (χ1) is 5.83. The van der Waals surface area contributed by atoms with E-state index in [0.717, 1.165) is 25.0 Å². The molecule has 1 heterocycles. The molecule has 0 fully saturated rings. The molecule has 0 saturated heterocycles. The highest BCUT2D eigenvalue weighted by molar-refractivity contribution is 4.94. The Kier molecular flexibility index (Phi) is 3.67. The molecule has 1 aromatic heterocycles. The molecule has 3 nitrogen and oxygen atoms in total. The maximum atomic E-state index is 5.77. The van der Waals surface area contributed by atoms with Crippen LogP contribution in [-0.2, 0) is 6.42 Å². The quantitative estimate of drug-likeness (QED) is 0.728. The molecule has 1 rings (SSSR count). The van der Waals surface area contributed by atoms with Crippen LogP contribution >= 0.6 is 0 Å². The summed E-state index contributed by atoms with van der Waals surface area (Å²) < 4.78 is 0. The number of aryl methyl sites for hydroxylation is 1. The van der Waals surface area contributed by atoms with E-state index in [1.54, 1.807) is 18.6 Å². The molecule has 66 valence electrons. The third-order valence-corrected chi connectivity index (χ3v) is 1.91. The van der Waals surface area contributed by atoms with Crippen molar-refractivity contribution in [2.75, 3.05) is 0 Å². The van der Waals surface area contributed by atoms with Crippen molar-refractivity contribution >= 4 is 0 Å². The van der Waals surface area contributed by atoms with Crippen LogP contribution in [0, 0.1) is 0 Å². The zero-order valence-electron chi connectivity index (χ0n) is 7.40. The minimum atomic E-state index is 0.298. The van der Waals surface area contributed by atoms with Crippen molar-refractivity contribution in [3.8, 4) is 0 Å². The number of hydrogen-bond acceptors (Lipinski definition) is 3. The average Bonchev–Trinajstić information content (AvgIpc) is 2.16. The van der Waals surface area contributed by atoms with Gasteiger partial charge in [0.25, 0.3) is 0 Å². The van der Waals surface area contributed by atoms with Gasteiger partial charge in [-0.05, 0) is 19.3 Å². The third-order valence-electron chi connectivity index (χ3n) is 1.91. The fraction of sp³-hybridized carbons (Fsp3) is 0.556. The van der Waals surface area contributed by atoms with E-state index in [-0.39, 0.29) is 0 Å². The van der Waals surface area contributed by atoms with Gasteiger partial charge in [-0.2, -0.15) is 0 Å². The van der Waals surface area contributed by atoms with Crippen LogP contribution in [0.4, 0.5) is 0 Å². The molecule has 0 aliphatic heterocycles. The van der Waals surface area contributed by atoms with Crippen molar-refractivity contribution in [2.45, 2.75) is 32.2 Å². The summed E-state index contributed by atoms with van der Waals surface area (Å²) in [6.45, 7) is 2.10. The summed E-state index contributed by atoms with van der Waals surface area (Å²) in [4.78, 5) is 8.15. The molecule has 3 heteroatoms. The summed E-state index contributed by atoms with van der Waals surface area (Å²) in [5.41, 5.74) is 6.80. The van der Waals surface area contributed by atoms with Gasteiger partial charge in [-0.15, -0.1) is 0 Å². The van der Waals surface area contributed by atoms with Crippen LogP contribution < -0.4 is 5.73 Å². The second-order valence-electron chi connectivity index (χ2n) is 2.90. The van der Waals surface area contributed by atoms with Gasteiger partial charge in [0.2, 0.25) is 0 Å². The van der Waals surface area contributed by atoms with Gasteiger partial charge in [-0.3, -0.25) is 9.97 Å². The Morgan fingerprint density at radius 1 is 1.50 bits per heavy atom. The topological polar surface area (TPSA) is 51.8 Å². The van der Waals surface area contributed by atoms with Gasteiger partial charge in [0, 0.05) is 24.6 Å². The molecule has 1 aromatic rings. The number of nitrogens with two attached hydrogens (primary N) is 1.